The highest BCUT2D eigenvalue weighted by molar-refractivity contribution is 7.09. The number of aryl methyl sites for hydroxylation is 1. The van der Waals surface area contributed by atoms with Gasteiger partial charge in [-0.15, -0.1) is 11.3 Å². The average molecular weight is 307 g/mol. The van der Waals surface area contributed by atoms with Crippen LogP contribution in [0.4, 0.5) is 0 Å². The minimum Gasteiger partial charge on any atom is -0.481 e. The van der Waals surface area contributed by atoms with Gasteiger partial charge >= 0.3 is 5.97 Å². The number of carboxylic acids is 1. The second-order valence-electron chi connectivity index (χ2n) is 6.22. The Morgan fingerprint density at radius 2 is 2.14 bits per heavy atom. The molecule has 21 heavy (non-hydrogen) atoms. The van der Waals surface area contributed by atoms with E-state index in [4.69, 9.17) is 0 Å². The van der Waals surface area contributed by atoms with Gasteiger partial charge in [0.2, 0.25) is 5.91 Å². The van der Waals surface area contributed by atoms with Gasteiger partial charge in [-0.2, -0.15) is 0 Å². The third-order valence-corrected chi connectivity index (χ3v) is 5.87. The molecule has 1 heterocycles. The van der Waals surface area contributed by atoms with Crippen molar-refractivity contribution in [3.63, 3.8) is 0 Å². The van der Waals surface area contributed by atoms with Crippen molar-refractivity contribution in [2.75, 3.05) is 0 Å². The lowest BCUT2D eigenvalue weighted by molar-refractivity contribution is -0.144. The number of rotatable bonds is 6. The van der Waals surface area contributed by atoms with E-state index in [1.54, 1.807) is 11.3 Å². The first-order valence-corrected chi connectivity index (χ1v) is 8.57. The Hall–Kier alpha value is -1.36. The predicted octanol–water partition coefficient (Wildman–Crippen LogP) is 2.69. The fraction of sp³-hybridized carbons (Fsp3) is 0.625. The van der Waals surface area contributed by atoms with Crippen LogP contribution in [0.3, 0.4) is 0 Å². The molecule has 5 heteroatoms. The molecular weight excluding hydrogens is 286 g/mol. The molecule has 2 aliphatic rings. The van der Waals surface area contributed by atoms with E-state index in [-0.39, 0.29) is 23.8 Å². The van der Waals surface area contributed by atoms with Crippen molar-refractivity contribution >= 4 is 23.2 Å². The van der Waals surface area contributed by atoms with Crippen LogP contribution in [0.5, 0.6) is 0 Å². The zero-order chi connectivity index (χ0) is 14.8. The molecule has 1 aromatic heterocycles. The van der Waals surface area contributed by atoms with Crippen LogP contribution in [-0.4, -0.2) is 23.0 Å². The van der Waals surface area contributed by atoms with Crippen molar-refractivity contribution in [1.29, 1.82) is 0 Å². The summed E-state index contributed by atoms with van der Waals surface area (Å²) in [5, 5.41) is 14.4. The first kappa shape index (κ1) is 14.6. The molecule has 3 rings (SSSR count). The van der Waals surface area contributed by atoms with E-state index >= 15 is 0 Å². The molecular formula is C16H21NO3S. The van der Waals surface area contributed by atoms with Crippen molar-refractivity contribution in [3.05, 3.63) is 22.4 Å². The van der Waals surface area contributed by atoms with Crippen LogP contribution < -0.4 is 5.32 Å². The van der Waals surface area contributed by atoms with Crippen LogP contribution in [0.1, 0.15) is 37.0 Å². The molecule has 2 saturated carbocycles. The second kappa shape index (κ2) is 6.18. The normalized spacial score (nSPS) is 30.5. The lowest BCUT2D eigenvalue weighted by atomic mass is 9.84. The van der Waals surface area contributed by atoms with E-state index < -0.39 is 5.97 Å². The van der Waals surface area contributed by atoms with Crippen LogP contribution in [0.25, 0.3) is 0 Å². The van der Waals surface area contributed by atoms with Gasteiger partial charge in [-0.3, -0.25) is 9.59 Å². The van der Waals surface area contributed by atoms with Gasteiger partial charge in [0.25, 0.3) is 0 Å². The number of carbonyl (C=O) groups is 2. The van der Waals surface area contributed by atoms with Crippen molar-refractivity contribution in [2.45, 2.75) is 44.6 Å². The second-order valence-corrected chi connectivity index (χ2v) is 7.26. The summed E-state index contributed by atoms with van der Waals surface area (Å²) < 4.78 is 0. The monoisotopic (exact) mass is 307 g/mol. The van der Waals surface area contributed by atoms with Crippen LogP contribution >= 0.6 is 11.3 Å². The standard InChI is InChI=1S/C16H21NO3S/c18-13(5-1-3-12-4-2-8-21-12)17-15-11-7-6-10(9-11)14(15)16(19)20/h2,4,8,10-11,14-15H,1,3,5-7,9H2,(H,17,18)(H,19,20)/t10-,11-,14+,15+/m0/s1. The summed E-state index contributed by atoms with van der Waals surface area (Å²) in [5.74, 6) is -0.465. The largest absolute Gasteiger partial charge is 0.481 e. The van der Waals surface area contributed by atoms with Crippen molar-refractivity contribution in [2.24, 2.45) is 17.8 Å². The summed E-state index contributed by atoms with van der Waals surface area (Å²) >= 11 is 1.71. The summed E-state index contributed by atoms with van der Waals surface area (Å²) in [7, 11) is 0. The number of amides is 1. The Bertz CT molecular complexity index is 514. The minimum atomic E-state index is -0.744. The van der Waals surface area contributed by atoms with E-state index in [9.17, 15) is 14.7 Å². The van der Waals surface area contributed by atoms with Crippen molar-refractivity contribution in [1.82, 2.24) is 5.32 Å². The molecule has 0 aromatic carbocycles. The molecule has 1 aromatic rings. The Morgan fingerprint density at radius 3 is 2.86 bits per heavy atom. The summed E-state index contributed by atoms with van der Waals surface area (Å²) in [6, 6.07) is 3.96. The fourth-order valence-electron chi connectivity index (χ4n) is 3.99. The van der Waals surface area contributed by atoms with Crippen LogP contribution in [-0.2, 0) is 16.0 Å². The number of thiophene rings is 1. The zero-order valence-corrected chi connectivity index (χ0v) is 12.8. The average Bonchev–Trinajstić information content (AvgIpc) is 3.14. The number of carboxylic acid groups (broad SMARTS) is 1. The van der Waals surface area contributed by atoms with E-state index in [0.717, 1.165) is 32.1 Å². The third-order valence-electron chi connectivity index (χ3n) is 4.94. The Balaban J connectivity index is 1.49. The Labute approximate surface area is 128 Å². The first-order chi connectivity index (χ1) is 10.1. The number of carbonyl (C=O) groups excluding carboxylic acids is 1. The predicted molar refractivity (Wildman–Crippen MR) is 81.1 cm³/mol. The van der Waals surface area contributed by atoms with Gasteiger partial charge in [0.1, 0.15) is 0 Å². The lowest BCUT2D eigenvalue weighted by Gasteiger charge is -2.28. The van der Waals surface area contributed by atoms with Crippen LogP contribution in [0.15, 0.2) is 17.5 Å². The molecule has 1 amide bonds. The number of hydrogen-bond donors (Lipinski definition) is 2. The summed E-state index contributed by atoms with van der Waals surface area (Å²) in [4.78, 5) is 24.8. The lowest BCUT2D eigenvalue weighted by Crippen LogP contribution is -2.46. The quantitative estimate of drug-likeness (QED) is 0.849. The molecule has 0 saturated heterocycles. The minimum absolute atomic E-state index is 0.00959. The highest BCUT2D eigenvalue weighted by Crippen LogP contribution is 2.48. The molecule has 4 atom stereocenters. The van der Waals surface area contributed by atoms with Gasteiger partial charge in [0, 0.05) is 17.3 Å². The number of nitrogens with one attached hydrogen (secondary N) is 1. The molecule has 0 aliphatic heterocycles. The maximum Gasteiger partial charge on any atom is 0.308 e. The van der Waals surface area contributed by atoms with E-state index in [2.05, 4.69) is 11.4 Å². The molecule has 4 nitrogen and oxygen atoms in total. The zero-order valence-electron chi connectivity index (χ0n) is 12.0. The molecule has 2 aliphatic carbocycles. The van der Waals surface area contributed by atoms with Gasteiger partial charge < -0.3 is 10.4 Å². The van der Waals surface area contributed by atoms with Gasteiger partial charge in [-0.25, -0.2) is 0 Å². The third kappa shape index (κ3) is 3.12. The maximum atomic E-state index is 12.1. The molecule has 2 fully saturated rings. The van der Waals surface area contributed by atoms with E-state index in [1.807, 2.05) is 11.4 Å². The molecule has 2 N–H and O–H groups in total. The number of aliphatic carboxylic acids is 1. The van der Waals surface area contributed by atoms with Crippen molar-refractivity contribution < 1.29 is 14.7 Å². The smallest absolute Gasteiger partial charge is 0.308 e. The molecule has 114 valence electrons. The number of fused-ring (bicyclic) bond motifs is 2. The molecule has 0 unspecified atom stereocenters. The highest BCUT2D eigenvalue weighted by atomic mass is 32.1. The summed E-state index contributed by atoms with van der Waals surface area (Å²) in [6.07, 6.45) is 5.27. The highest BCUT2D eigenvalue weighted by Gasteiger charge is 2.51. The van der Waals surface area contributed by atoms with Crippen LogP contribution in [0.2, 0.25) is 0 Å². The van der Waals surface area contributed by atoms with Gasteiger partial charge in [-0.1, -0.05) is 6.07 Å². The fourth-order valence-corrected chi connectivity index (χ4v) is 4.74. The molecule has 0 spiro atoms. The van der Waals surface area contributed by atoms with Gasteiger partial charge in [0.05, 0.1) is 5.92 Å². The van der Waals surface area contributed by atoms with E-state index in [0.29, 0.717) is 12.3 Å². The van der Waals surface area contributed by atoms with Gasteiger partial charge in [-0.05, 0) is 55.4 Å². The Kier molecular flexibility index (Phi) is 4.29. The number of hydrogen-bond acceptors (Lipinski definition) is 3. The summed E-state index contributed by atoms with van der Waals surface area (Å²) in [5.41, 5.74) is 0. The SMILES string of the molecule is O=C(CCCc1cccs1)N[C@@H]1[C@H]2CC[C@@H](C2)[C@H]1C(=O)O. The molecule has 0 radical (unpaired) electrons. The van der Waals surface area contributed by atoms with Crippen molar-refractivity contribution in [3.8, 4) is 0 Å². The first-order valence-electron chi connectivity index (χ1n) is 7.69. The van der Waals surface area contributed by atoms with Crippen LogP contribution in [0, 0.1) is 17.8 Å². The van der Waals surface area contributed by atoms with E-state index in [1.165, 1.54) is 4.88 Å². The Morgan fingerprint density at radius 1 is 1.33 bits per heavy atom. The summed E-state index contributed by atoms with van der Waals surface area (Å²) in [6.45, 7) is 0. The maximum absolute atomic E-state index is 12.1. The topological polar surface area (TPSA) is 66.4 Å². The molecule has 2 bridgehead atoms. The van der Waals surface area contributed by atoms with Gasteiger partial charge in [0.15, 0.2) is 0 Å².